The highest BCUT2D eigenvalue weighted by Gasteiger charge is 2.29. The zero-order chi connectivity index (χ0) is 14.0. The van der Waals surface area contributed by atoms with Crippen molar-refractivity contribution in [3.8, 4) is 0 Å². The van der Waals surface area contributed by atoms with Gasteiger partial charge in [0.2, 0.25) is 5.91 Å². The van der Waals surface area contributed by atoms with Crippen molar-refractivity contribution in [2.75, 3.05) is 5.32 Å². The van der Waals surface area contributed by atoms with E-state index in [4.69, 9.17) is 5.11 Å². The fourth-order valence-electron chi connectivity index (χ4n) is 2.56. The Morgan fingerprint density at radius 2 is 1.89 bits per heavy atom. The first kappa shape index (κ1) is 13.6. The largest absolute Gasteiger partial charge is 0.481 e. The molecule has 0 atom stereocenters. The molecule has 19 heavy (non-hydrogen) atoms. The highest BCUT2D eigenvalue weighted by molar-refractivity contribution is 5.92. The first-order chi connectivity index (χ1) is 8.97. The van der Waals surface area contributed by atoms with Crippen LogP contribution in [0.3, 0.4) is 0 Å². The van der Waals surface area contributed by atoms with Crippen LogP contribution in [-0.4, -0.2) is 26.8 Å². The zero-order valence-corrected chi connectivity index (χ0v) is 11.2. The Bertz CT molecular complexity index is 487. The maximum Gasteiger partial charge on any atom is 0.306 e. The van der Waals surface area contributed by atoms with E-state index < -0.39 is 5.97 Å². The summed E-state index contributed by atoms with van der Waals surface area (Å²) >= 11 is 0. The highest BCUT2D eigenvalue weighted by Crippen LogP contribution is 2.29. The molecule has 2 N–H and O–H groups in total. The van der Waals surface area contributed by atoms with Gasteiger partial charge in [0.1, 0.15) is 5.82 Å². The van der Waals surface area contributed by atoms with E-state index in [1.165, 1.54) is 0 Å². The van der Waals surface area contributed by atoms with Crippen LogP contribution in [0.1, 0.15) is 31.4 Å². The number of carbonyl (C=O) groups excluding carboxylic acids is 1. The Kier molecular flexibility index (Phi) is 3.87. The van der Waals surface area contributed by atoms with Crippen LogP contribution in [0.4, 0.5) is 5.82 Å². The number of hydrogen-bond acceptors (Lipinski definition) is 3. The van der Waals surface area contributed by atoms with Gasteiger partial charge < -0.3 is 10.4 Å². The third kappa shape index (κ3) is 3.13. The first-order valence-electron chi connectivity index (χ1n) is 6.51. The topological polar surface area (TPSA) is 84.2 Å². The Morgan fingerprint density at radius 3 is 2.37 bits per heavy atom. The van der Waals surface area contributed by atoms with Crippen LogP contribution in [-0.2, 0) is 16.6 Å². The summed E-state index contributed by atoms with van der Waals surface area (Å²) in [5.41, 5.74) is 0.854. The predicted molar refractivity (Wildman–Crippen MR) is 69.7 cm³/mol. The van der Waals surface area contributed by atoms with Crippen molar-refractivity contribution in [2.45, 2.75) is 32.6 Å². The number of amides is 1. The molecule has 0 saturated heterocycles. The molecule has 1 aliphatic carbocycles. The molecule has 0 aliphatic heterocycles. The molecule has 1 amide bonds. The van der Waals surface area contributed by atoms with Gasteiger partial charge in [0.15, 0.2) is 0 Å². The Morgan fingerprint density at radius 1 is 1.32 bits per heavy atom. The van der Waals surface area contributed by atoms with E-state index in [1.54, 1.807) is 11.7 Å². The van der Waals surface area contributed by atoms with Gasteiger partial charge in [-0.2, -0.15) is 5.10 Å². The zero-order valence-electron chi connectivity index (χ0n) is 11.2. The van der Waals surface area contributed by atoms with Gasteiger partial charge in [-0.25, -0.2) is 0 Å². The van der Waals surface area contributed by atoms with Crippen molar-refractivity contribution in [2.24, 2.45) is 18.9 Å². The van der Waals surface area contributed by atoms with Crippen molar-refractivity contribution in [3.05, 3.63) is 11.8 Å². The minimum atomic E-state index is -0.749. The van der Waals surface area contributed by atoms with Crippen molar-refractivity contribution >= 4 is 17.7 Å². The number of carboxylic acid groups (broad SMARTS) is 1. The van der Waals surface area contributed by atoms with E-state index in [0.29, 0.717) is 31.5 Å². The van der Waals surface area contributed by atoms with E-state index in [2.05, 4.69) is 10.4 Å². The van der Waals surface area contributed by atoms with Crippen LogP contribution in [0.15, 0.2) is 6.07 Å². The summed E-state index contributed by atoms with van der Waals surface area (Å²) in [6.07, 6.45) is 2.44. The summed E-state index contributed by atoms with van der Waals surface area (Å²) in [5, 5.41) is 16.0. The van der Waals surface area contributed by atoms with E-state index in [1.807, 2.05) is 13.0 Å². The molecule has 1 fully saturated rings. The molecule has 0 bridgehead atoms. The Balaban J connectivity index is 1.91. The number of nitrogens with one attached hydrogen (secondary N) is 1. The number of rotatable bonds is 3. The molecule has 104 valence electrons. The average molecular weight is 265 g/mol. The number of anilines is 1. The summed E-state index contributed by atoms with van der Waals surface area (Å²) in [7, 11) is 1.78. The van der Waals surface area contributed by atoms with Crippen molar-refractivity contribution < 1.29 is 14.7 Å². The fourth-order valence-corrected chi connectivity index (χ4v) is 2.56. The number of aromatic nitrogens is 2. The van der Waals surface area contributed by atoms with Crippen LogP contribution in [0, 0.1) is 18.8 Å². The first-order valence-corrected chi connectivity index (χ1v) is 6.51. The smallest absolute Gasteiger partial charge is 0.306 e. The maximum atomic E-state index is 12.1. The van der Waals surface area contributed by atoms with Gasteiger partial charge in [-0.1, -0.05) is 0 Å². The summed E-state index contributed by atoms with van der Waals surface area (Å²) in [6.45, 7) is 1.87. The lowest BCUT2D eigenvalue weighted by atomic mass is 9.81. The van der Waals surface area contributed by atoms with Crippen LogP contribution < -0.4 is 5.32 Å². The second-order valence-corrected chi connectivity index (χ2v) is 5.17. The molecule has 0 aromatic carbocycles. The Labute approximate surface area is 111 Å². The van der Waals surface area contributed by atoms with Crippen LogP contribution in [0.5, 0.6) is 0 Å². The molecule has 1 saturated carbocycles. The molecule has 0 unspecified atom stereocenters. The normalized spacial score (nSPS) is 23.1. The molecular formula is C13H19N3O3. The molecule has 0 spiro atoms. The molecule has 1 aliphatic rings. The molecule has 6 heteroatoms. The van der Waals surface area contributed by atoms with Crippen LogP contribution in [0.25, 0.3) is 0 Å². The molecule has 6 nitrogen and oxygen atoms in total. The van der Waals surface area contributed by atoms with Gasteiger partial charge in [-0.3, -0.25) is 14.3 Å². The number of hydrogen-bond donors (Lipinski definition) is 2. The van der Waals surface area contributed by atoms with Gasteiger partial charge in [-0.15, -0.1) is 0 Å². The number of aryl methyl sites for hydroxylation is 2. The highest BCUT2D eigenvalue weighted by atomic mass is 16.4. The molecule has 1 aromatic heterocycles. The molecule has 1 aromatic rings. The van der Waals surface area contributed by atoms with E-state index in [9.17, 15) is 9.59 Å². The van der Waals surface area contributed by atoms with Crippen molar-refractivity contribution in [3.63, 3.8) is 0 Å². The fraction of sp³-hybridized carbons (Fsp3) is 0.615. The second kappa shape index (κ2) is 5.42. The molecule has 1 heterocycles. The van der Waals surface area contributed by atoms with E-state index in [-0.39, 0.29) is 17.7 Å². The summed E-state index contributed by atoms with van der Waals surface area (Å²) in [5.74, 6) is -0.482. The lowest BCUT2D eigenvalue weighted by Crippen LogP contribution is -2.30. The maximum absolute atomic E-state index is 12.1. The van der Waals surface area contributed by atoms with Gasteiger partial charge >= 0.3 is 5.97 Å². The minimum Gasteiger partial charge on any atom is -0.481 e. The number of carbonyl (C=O) groups is 2. The summed E-state index contributed by atoms with van der Waals surface area (Å²) in [4.78, 5) is 23.0. The standard InChI is InChI=1S/C13H19N3O3/c1-8-7-11(16(2)15-8)14-12(17)9-3-5-10(6-4-9)13(18)19/h7,9-10H,3-6H2,1-2H3,(H,14,17)(H,18,19). The predicted octanol–water partition coefficient (Wildman–Crippen LogP) is 1.56. The quantitative estimate of drug-likeness (QED) is 0.868. The number of nitrogens with zero attached hydrogens (tertiary/aromatic N) is 2. The van der Waals surface area contributed by atoms with E-state index >= 15 is 0 Å². The molecule has 0 radical (unpaired) electrons. The van der Waals surface area contributed by atoms with Crippen LogP contribution in [0.2, 0.25) is 0 Å². The second-order valence-electron chi connectivity index (χ2n) is 5.17. The third-order valence-corrected chi connectivity index (χ3v) is 3.70. The lowest BCUT2D eigenvalue weighted by molar-refractivity contribution is -0.143. The van der Waals surface area contributed by atoms with Crippen molar-refractivity contribution in [1.29, 1.82) is 0 Å². The monoisotopic (exact) mass is 265 g/mol. The lowest BCUT2D eigenvalue weighted by Gasteiger charge is -2.25. The number of aliphatic carboxylic acids is 1. The van der Waals surface area contributed by atoms with Gasteiger partial charge in [0.25, 0.3) is 0 Å². The average Bonchev–Trinajstić information content (AvgIpc) is 2.68. The SMILES string of the molecule is Cc1cc(NC(=O)C2CCC(C(=O)O)CC2)n(C)n1. The third-order valence-electron chi connectivity index (χ3n) is 3.70. The van der Waals surface area contributed by atoms with Gasteiger partial charge in [0.05, 0.1) is 11.6 Å². The number of carboxylic acids is 1. The van der Waals surface area contributed by atoms with Gasteiger partial charge in [-0.05, 0) is 32.6 Å². The van der Waals surface area contributed by atoms with Crippen LogP contribution >= 0.6 is 0 Å². The van der Waals surface area contributed by atoms with Gasteiger partial charge in [0, 0.05) is 19.0 Å². The molecular weight excluding hydrogens is 246 g/mol. The minimum absolute atomic E-state index is 0.0353. The van der Waals surface area contributed by atoms with Crippen molar-refractivity contribution in [1.82, 2.24) is 9.78 Å². The summed E-state index contributed by atoms with van der Waals surface area (Å²) < 4.78 is 1.64. The van der Waals surface area contributed by atoms with E-state index in [0.717, 1.165) is 5.69 Å². The Hall–Kier alpha value is -1.85. The molecule has 2 rings (SSSR count). The summed E-state index contributed by atoms with van der Waals surface area (Å²) in [6, 6.07) is 1.82.